The lowest BCUT2D eigenvalue weighted by molar-refractivity contribution is -0.144. The summed E-state index contributed by atoms with van der Waals surface area (Å²) in [7, 11) is 0. The first-order valence-corrected chi connectivity index (χ1v) is 23.4. The molecule has 0 unspecified atom stereocenters. The third kappa shape index (κ3) is 11.5. The molecule has 69 heavy (non-hydrogen) atoms. The fourth-order valence-electron chi connectivity index (χ4n) is 8.44. The van der Waals surface area contributed by atoms with Crippen molar-refractivity contribution >= 4 is 63.8 Å². The number of nitrogens with zero attached hydrogens (tertiary/aromatic N) is 5. The molecule has 3 amide bonds. The number of nitriles is 1. The van der Waals surface area contributed by atoms with E-state index in [0.717, 1.165) is 16.7 Å². The molecule has 1 aromatic heterocycles. The zero-order valence-electron chi connectivity index (χ0n) is 39.0. The van der Waals surface area contributed by atoms with Crippen molar-refractivity contribution in [2.75, 3.05) is 36.2 Å². The molecule has 2 fully saturated rings. The van der Waals surface area contributed by atoms with Crippen LogP contribution >= 0.6 is 23.8 Å². The first kappa shape index (κ1) is 50.4. The fourth-order valence-corrected chi connectivity index (χ4v) is 9.17. The van der Waals surface area contributed by atoms with Crippen molar-refractivity contribution in [1.82, 2.24) is 15.2 Å². The normalized spacial score (nSPS) is 17.2. The first-order valence-electron chi connectivity index (χ1n) is 22.6. The van der Waals surface area contributed by atoms with Gasteiger partial charge in [0.1, 0.15) is 35.8 Å². The first-order chi connectivity index (χ1) is 32.9. The van der Waals surface area contributed by atoms with Crippen LogP contribution in [-0.2, 0) is 30.3 Å². The van der Waals surface area contributed by atoms with Crippen LogP contribution in [0.2, 0.25) is 5.02 Å². The van der Waals surface area contributed by atoms with Crippen molar-refractivity contribution in [3.63, 3.8) is 0 Å². The van der Waals surface area contributed by atoms with Gasteiger partial charge in [0.15, 0.2) is 23.0 Å². The Morgan fingerprint density at radius 1 is 1.01 bits per heavy atom. The minimum atomic E-state index is -1.22. The van der Waals surface area contributed by atoms with Crippen LogP contribution in [0.15, 0.2) is 102 Å². The van der Waals surface area contributed by atoms with Crippen molar-refractivity contribution in [1.29, 1.82) is 5.26 Å². The molecule has 4 aromatic carbocycles. The summed E-state index contributed by atoms with van der Waals surface area (Å²) in [5.74, 6) is -0.738. The topological polar surface area (TPSA) is 179 Å². The van der Waals surface area contributed by atoms with E-state index < -0.39 is 46.8 Å². The van der Waals surface area contributed by atoms with Crippen LogP contribution in [0, 0.1) is 22.6 Å². The van der Waals surface area contributed by atoms with Gasteiger partial charge in [-0.15, -0.1) is 0 Å². The standard InChI is InChI=1S/C52H54ClFN6O8S/c1-51(2,3)47(48(64)58-29-38(61)26-43(58)44(62)21-10-32-8-11-34(12-9-32)45-28-56-31-68-45)57-46(63)30-66-22-6-7-23-67-39-18-14-33(15-19-39)35-16-20-42(41(54)24-35)60-50(69)59(49(65)52(60,4)5)37-17-13-36(27-55)40(53)25-37/h8-9,11-20,24-25,28,31,38,43,47,61H,6-7,10,21-23,26,29-30H2,1-5H3,(H,57,63)/t38-,43+,47-/m1/s1. The van der Waals surface area contributed by atoms with Gasteiger partial charge < -0.3 is 34.1 Å². The number of β-amino-alcohol motifs (C(OH)–C–C–N with tert-alkyl or cyclic N) is 1. The monoisotopic (exact) mass is 976 g/mol. The Kier molecular flexibility index (Phi) is 15.6. The van der Waals surface area contributed by atoms with Crippen molar-refractivity contribution in [2.24, 2.45) is 5.41 Å². The number of halogens is 2. The summed E-state index contributed by atoms with van der Waals surface area (Å²) in [5.41, 5.74) is 2.01. The number of thiocarbonyl (C=S) groups is 1. The van der Waals surface area contributed by atoms with Crippen LogP contribution in [0.4, 0.5) is 15.8 Å². The van der Waals surface area contributed by atoms with Crippen LogP contribution < -0.4 is 19.9 Å². The van der Waals surface area contributed by atoms with Crippen molar-refractivity contribution < 1.29 is 42.6 Å². The van der Waals surface area contributed by atoms with Gasteiger partial charge in [0.2, 0.25) is 11.8 Å². The minimum Gasteiger partial charge on any atom is -0.494 e. The number of amides is 3. The number of ether oxygens (including phenoxy) is 2. The van der Waals surface area contributed by atoms with E-state index in [4.69, 9.17) is 37.7 Å². The largest absolute Gasteiger partial charge is 0.494 e. The number of aliphatic hydroxyl groups is 1. The van der Waals surface area contributed by atoms with Crippen molar-refractivity contribution in [2.45, 2.75) is 90.4 Å². The Bertz CT molecular complexity index is 2740. The molecule has 7 rings (SSSR count). The number of nitrogens with one attached hydrogen (secondary N) is 1. The smallest absolute Gasteiger partial charge is 0.259 e. The summed E-state index contributed by atoms with van der Waals surface area (Å²) in [4.78, 5) is 62.3. The summed E-state index contributed by atoms with van der Waals surface area (Å²) < 4.78 is 32.8. The fraction of sp³-hybridized carbons (Fsp3) is 0.365. The number of ketones is 1. The molecule has 2 saturated heterocycles. The average molecular weight is 978 g/mol. The molecular formula is C52H54ClFN6O8S. The van der Waals surface area contributed by atoms with E-state index in [1.54, 1.807) is 50.4 Å². The lowest BCUT2D eigenvalue weighted by atomic mass is 9.85. The molecule has 0 aliphatic carbocycles. The number of hydrogen-bond donors (Lipinski definition) is 2. The lowest BCUT2D eigenvalue weighted by Gasteiger charge is -2.35. The van der Waals surface area contributed by atoms with Gasteiger partial charge >= 0.3 is 0 Å². The number of hydrogen-bond acceptors (Lipinski definition) is 11. The maximum Gasteiger partial charge on any atom is 0.259 e. The Morgan fingerprint density at radius 2 is 1.71 bits per heavy atom. The van der Waals surface area contributed by atoms with E-state index in [1.165, 1.54) is 39.3 Å². The SMILES string of the molecule is CC(C)(C)[C@H](NC(=O)COCCCCOc1ccc(-c2ccc(N3C(=S)N(c4ccc(C#N)c(Cl)c4)C(=O)C3(C)C)c(F)c2)cc1)C(=O)N1C[C@H](O)C[C@H]1C(=O)CCc1ccc(-c2cnco2)cc1. The third-order valence-electron chi connectivity index (χ3n) is 12.2. The summed E-state index contributed by atoms with van der Waals surface area (Å²) >= 11 is 12.0. The number of aryl methyl sites for hydroxylation is 1. The molecule has 14 nitrogen and oxygen atoms in total. The highest BCUT2D eigenvalue weighted by Gasteiger charge is 2.51. The van der Waals surface area contributed by atoms with E-state index in [1.807, 2.05) is 63.2 Å². The number of aromatic nitrogens is 1. The van der Waals surface area contributed by atoms with Crippen molar-refractivity contribution in [3.8, 4) is 34.3 Å². The summed E-state index contributed by atoms with van der Waals surface area (Å²) in [6.07, 6.45) is 4.14. The average Bonchev–Trinajstić information content (AvgIpc) is 4.04. The highest BCUT2D eigenvalue weighted by molar-refractivity contribution is 7.81. The molecule has 0 saturated carbocycles. The summed E-state index contributed by atoms with van der Waals surface area (Å²) in [6.45, 7) is 9.21. The van der Waals surface area contributed by atoms with Gasteiger partial charge in [-0.3, -0.25) is 24.1 Å². The Hall–Kier alpha value is -6.51. The molecule has 2 aliphatic heterocycles. The number of anilines is 2. The third-order valence-corrected chi connectivity index (χ3v) is 12.9. The minimum absolute atomic E-state index is 0.000890. The molecule has 2 N–H and O–H groups in total. The quantitative estimate of drug-likeness (QED) is 0.0633. The summed E-state index contributed by atoms with van der Waals surface area (Å²) in [5, 5.41) is 22.9. The second-order valence-electron chi connectivity index (χ2n) is 18.7. The molecule has 0 spiro atoms. The van der Waals surface area contributed by atoms with Crippen LogP contribution in [-0.4, -0.2) is 93.7 Å². The maximum atomic E-state index is 15.9. The molecule has 3 heterocycles. The van der Waals surface area contributed by atoms with E-state index in [-0.39, 0.29) is 65.7 Å². The number of benzene rings is 4. The predicted octanol–water partition coefficient (Wildman–Crippen LogP) is 8.46. The second-order valence-corrected chi connectivity index (χ2v) is 19.5. The Morgan fingerprint density at radius 3 is 2.36 bits per heavy atom. The highest BCUT2D eigenvalue weighted by Crippen LogP contribution is 2.40. The van der Waals surface area contributed by atoms with Crippen LogP contribution in [0.5, 0.6) is 5.75 Å². The zero-order chi connectivity index (χ0) is 49.6. The predicted molar refractivity (Wildman–Crippen MR) is 263 cm³/mol. The van der Waals surface area contributed by atoms with E-state index in [0.29, 0.717) is 48.6 Å². The Balaban J connectivity index is 0.842. The number of likely N-dealkylation sites (tertiary alicyclic amines) is 1. The van der Waals surface area contributed by atoms with Gasteiger partial charge in [-0.1, -0.05) is 74.8 Å². The number of Topliss-reactive ketones (excluding diaryl/α,β-unsaturated/α-hetero) is 1. The van der Waals surface area contributed by atoms with Gasteiger partial charge in [-0.2, -0.15) is 5.26 Å². The zero-order valence-corrected chi connectivity index (χ0v) is 40.6. The van der Waals surface area contributed by atoms with Crippen LogP contribution in [0.1, 0.15) is 71.4 Å². The number of carbonyl (C=O) groups excluding carboxylic acids is 4. The molecular weight excluding hydrogens is 923 g/mol. The van der Waals surface area contributed by atoms with Gasteiger partial charge in [-0.05, 0) is 110 Å². The highest BCUT2D eigenvalue weighted by atomic mass is 35.5. The van der Waals surface area contributed by atoms with Crippen LogP contribution in [0.25, 0.3) is 22.5 Å². The maximum absolute atomic E-state index is 15.9. The molecule has 360 valence electrons. The molecule has 5 aromatic rings. The second kappa shape index (κ2) is 21.4. The number of rotatable bonds is 18. The molecule has 2 aliphatic rings. The molecule has 0 bridgehead atoms. The van der Waals surface area contributed by atoms with E-state index in [2.05, 4.69) is 10.3 Å². The van der Waals surface area contributed by atoms with Gasteiger partial charge in [0, 0.05) is 31.6 Å². The molecule has 17 heteroatoms. The van der Waals surface area contributed by atoms with Crippen LogP contribution in [0.3, 0.4) is 0 Å². The Labute approximate surface area is 411 Å². The van der Waals surface area contributed by atoms with Crippen molar-refractivity contribution in [3.05, 3.63) is 119 Å². The van der Waals surface area contributed by atoms with Gasteiger partial charge in [0.05, 0.1) is 46.9 Å². The van der Waals surface area contributed by atoms with Gasteiger partial charge in [-0.25, -0.2) is 9.37 Å². The van der Waals surface area contributed by atoms with E-state index >= 15 is 4.39 Å². The number of aliphatic hydroxyl groups excluding tert-OH is 1. The molecule has 0 radical (unpaired) electrons. The van der Waals surface area contributed by atoms with Gasteiger partial charge in [0.25, 0.3) is 5.91 Å². The van der Waals surface area contributed by atoms with E-state index in [9.17, 15) is 29.5 Å². The summed E-state index contributed by atoms with van der Waals surface area (Å²) in [6, 6.07) is 24.4. The molecule has 3 atom stereocenters. The number of unbranched alkanes of at least 4 members (excludes halogenated alkanes) is 1. The number of carbonyl (C=O) groups is 4. The lowest BCUT2D eigenvalue weighted by Crippen LogP contribution is -2.57. The number of oxazole rings is 1.